The number of Topliss-reactive ketones (excluding diaryl/α,β-unsaturated/α-hetero) is 1. The number of ether oxygens (including phenoxy) is 3. The van der Waals surface area contributed by atoms with Crippen molar-refractivity contribution in [1.82, 2.24) is 5.16 Å². The highest BCUT2D eigenvalue weighted by atomic mass is 16.7. The van der Waals surface area contributed by atoms with Gasteiger partial charge >= 0.3 is 5.97 Å². The number of aromatic nitrogens is 1. The average molecular weight is 526 g/mol. The number of allylic oxidation sites excluding steroid dienone is 1. The van der Waals surface area contributed by atoms with Crippen LogP contribution in [0.2, 0.25) is 0 Å². The molecule has 0 radical (unpaired) electrons. The Morgan fingerprint density at radius 2 is 1.95 bits per heavy atom. The number of aryl methyl sites for hydroxylation is 2. The van der Waals surface area contributed by atoms with E-state index in [1.165, 1.54) is 0 Å². The number of rotatable bonds is 3. The van der Waals surface area contributed by atoms with Gasteiger partial charge in [0.25, 0.3) is 0 Å². The number of carbonyl (C=O) groups is 2. The van der Waals surface area contributed by atoms with Crippen LogP contribution in [0.5, 0.6) is 0 Å². The summed E-state index contributed by atoms with van der Waals surface area (Å²) in [6.45, 7) is 15.7. The first kappa shape index (κ1) is 26.0. The van der Waals surface area contributed by atoms with Crippen molar-refractivity contribution in [1.29, 1.82) is 0 Å². The molecule has 1 aromatic rings. The molecule has 2 saturated carbocycles. The Labute approximate surface area is 223 Å². The molecule has 2 heterocycles. The van der Waals surface area contributed by atoms with E-state index in [0.717, 1.165) is 12.0 Å². The molecule has 2 bridgehead atoms. The number of ketones is 1. The molecule has 8 atom stereocenters. The lowest BCUT2D eigenvalue weighted by Crippen LogP contribution is -2.68. The molecule has 1 aromatic heterocycles. The van der Waals surface area contributed by atoms with Gasteiger partial charge in [0.1, 0.15) is 17.4 Å². The van der Waals surface area contributed by atoms with E-state index in [0.29, 0.717) is 29.4 Å². The monoisotopic (exact) mass is 525 g/mol. The van der Waals surface area contributed by atoms with Crippen LogP contribution >= 0.6 is 0 Å². The van der Waals surface area contributed by atoms with Gasteiger partial charge in [0.2, 0.25) is 0 Å². The van der Waals surface area contributed by atoms with Gasteiger partial charge in [-0.15, -0.1) is 0 Å². The molecule has 1 N–H and O–H groups in total. The first-order chi connectivity index (χ1) is 17.7. The first-order valence-electron chi connectivity index (χ1n) is 13.8. The Morgan fingerprint density at radius 3 is 2.63 bits per heavy atom. The predicted molar refractivity (Wildman–Crippen MR) is 137 cm³/mol. The van der Waals surface area contributed by atoms with Gasteiger partial charge < -0.3 is 23.8 Å². The topological polar surface area (TPSA) is 108 Å². The molecule has 1 saturated heterocycles. The summed E-state index contributed by atoms with van der Waals surface area (Å²) in [5, 5.41) is 17.1. The molecule has 0 amide bonds. The molecule has 6 rings (SSSR count). The maximum atomic E-state index is 14.7. The van der Waals surface area contributed by atoms with Crippen LogP contribution in [0.25, 0.3) is 0 Å². The third-order valence-electron chi connectivity index (χ3n) is 10.4. The van der Waals surface area contributed by atoms with Crippen molar-refractivity contribution in [3.63, 3.8) is 0 Å². The van der Waals surface area contributed by atoms with Crippen molar-refractivity contribution in [3.8, 4) is 0 Å². The van der Waals surface area contributed by atoms with E-state index in [1.807, 2.05) is 26.0 Å². The second-order valence-electron chi connectivity index (χ2n) is 13.2. The standard InChI is InChI=1S/C30H39NO7/c1-9-20-21(16(4)38-31-20)26(33)36-24-14(2)12-29-15(3)10-19-22(27(19,5)6)18(23(29)32)11-17-13-35-28(7,8)37-25(17)30(24,29)34/h11-12,15,18-19,22,24-25,34H,9-10,13H2,1-8H3/t15?,18-,19+,22-,24-,25+,29?,30+/m0/s1. The van der Waals surface area contributed by atoms with Crippen LogP contribution in [0.4, 0.5) is 0 Å². The summed E-state index contributed by atoms with van der Waals surface area (Å²) in [6, 6.07) is 0. The molecule has 1 aliphatic heterocycles. The van der Waals surface area contributed by atoms with Crippen molar-refractivity contribution in [2.45, 2.75) is 91.8 Å². The van der Waals surface area contributed by atoms with Gasteiger partial charge in [0.15, 0.2) is 23.3 Å². The van der Waals surface area contributed by atoms with Crippen molar-refractivity contribution >= 4 is 11.8 Å². The normalized spacial score (nSPS) is 42.1. The van der Waals surface area contributed by atoms with Gasteiger partial charge in [-0.2, -0.15) is 0 Å². The van der Waals surface area contributed by atoms with Crippen LogP contribution in [-0.2, 0) is 25.4 Å². The van der Waals surface area contributed by atoms with E-state index < -0.39 is 35.0 Å². The molecule has 0 aromatic carbocycles. The number of hydrogen-bond donors (Lipinski definition) is 1. The fourth-order valence-electron chi connectivity index (χ4n) is 8.39. The molecule has 4 aliphatic carbocycles. The molecular weight excluding hydrogens is 486 g/mol. The van der Waals surface area contributed by atoms with E-state index in [2.05, 4.69) is 25.9 Å². The molecule has 8 nitrogen and oxygen atoms in total. The van der Waals surface area contributed by atoms with E-state index in [4.69, 9.17) is 18.7 Å². The molecule has 1 spiro atoms. The Bertz CT molecular complexity index is 1290. The lowest BCUT2D eigenvalue weighted by Gasteiger charge is -2.52. The zero-order valence-corrected chi connectivity index (χ0v) is 23.6. The van der Waals surface area contributed by atoms with Gasteiger partial charge in [0, 0.05) is 5.92 Å². The maximum Gasteiger partial charge on any atom is 0.344 e. The molecular formula is C30H39NO7. The van der Waals surface area contributed by atoms with Crippen molar-refractivity contribution in [2.24, 2.45) is 34.5 Å². The third kappa shape index (κ3) is 3.11. The Morgan fingerprint density at radius 1 is 1.24 bits per heavy atom. The average Bonchev–Trinajstić information content (AvgIpc) is 3.11. The molecule has 5 aliphatic rings. The van der Waals surface area contributed by atoms with E-state index in [-0.39, 0.29) is 41.1 Å². The highest BCUT2D eigenvalue weighted by molar-refractivity contribution is 5.96. The number of fused-ring (bicyclic) bond motifs is 5. The predicted octanol–water partition coefficient (Wildman–Crippen LogP) is 4.34. The van der Waals surface area contributed by atoms with Gasteiger partial charge in [-0.05, 0) is 74.9 Å². The van der Waals surface area contributed by atoms with Crippen LogP contribution in [-0.4, -0.2) is 52.2 Å². The molecule has 8 heteroatoms. The van der Waals surface area contributed by atoms with Gasteiger partial charge in [-0.25, -0.2) is 4.79 Å². The highest BCUT2D eigenvalue weighted by Crippen LogP contribution is 2.72. The summed E-state index contributed by atoms with van der Waals surface area (Å²) >= 11 is 0. The summed E-state index contributed by atoms with van der Waals surface area (Å²) in [7, 11) is 0. The quantitative estimate of drug-likeness (QED) is 0.459. The molecule has 2 unspecified atom stereocenters. The van der Waals surface area contributed by atoms with Crippen molar-refractivity contribution < 1.29 is 33.4 Å². The van der Waals surface area contributed by atoms with Crippen molar-refractivity contribution in [3.05, 3.63) is 40.3 Å². The summed E-state index contributed by atoms with van der Waals surface area (Å²) in [5.41, 5.74) is -0.929. The Hall–Kier alpha value is -2.29. The number of hydrogen-bond acceptors (Lipinski definition) is 8. The van der Waals surface area contributed by atoms with Crippen LogP contribution in [0.15, 0.2) is 27.8 Å². The van der Waals surface area contributed by atoms with Crippen molar-refractivity contribution in [2.75, 3.05) is 6.61 Å². The lowest BCUT2D eigenvalue weighted by atomic mass is 9.59. The minimum absolute atomic E-state index is 0.0119. The second-order valence-corrected chi connectivity index (χ2v) is 13.2. The molecule has 206 valence electrons. The SMILES string of the molecule is CCc1noc(C)c1C(=O)O[C@H]1C(C)=CC23C(=O)[C@@H](C=C4COC(C)(C)O[C@H]4[C@]12O)[C@H]1[C@@H](CC3C)C1(C)C. The lowest BCUT2D eigenvalue weighted by molar-refractivity contribution is -0.302. The molecule has 3 fully saturated rings. The highest BCUT2D eigenvalue weighted by Gasteiger charge is 2.77. The fourth-order valence-corrected chi connectivity index (χ4v) is 8.39. The van der Waals surface area contributed by atoms with E-state index in [9.17, 15) is 14.7 Å². The summed E-state index contributed by atoms with van der Waals surface area (Å²) in [5.74, 6) is -1.28. The number of esters is 1. The van der Waals surface area contributed by atoms with Gasteiger partial charge in [0.05, 0.1) is 17.7 Å². The third-order valence-corrected chi connectivity index (χ3v) is 10.4. The maximum absolute atomic E-state index is 14.7. The zero-order valence-electron chi connectivity index (χ0n) is 23.6. The summed E-state index contributed by atoms with van der Waals surface area (Å²) in [4.78, 5) is 28.4. The first-order valence-corrected chi connectivity index (χ1v) is 13.8. The fraction of sp³-hybridized carbons (Fsp3) is 0.700. The molecule has 38 heavy (non-hydrogen) atoms. The van der Waals surface area contributed by atoms with Gasteiger partial charge in [-0.3, -0.25) is 4.79 Å². The number of carbonyl (C=O) groups excluding carboxylic acids is 2. The van der Waals surface area contributed by atoms with Gasteiger partial charge in [-0.1, -0.05) is 45.0 Å². The van der Waals surface area contributed by atoms with Crippen LogP contribution in [0.1, 0.15) is 76.7 Å². The number of nitrogens with zero attached hydrogens (tertiary/aromatic N) is 1. The Balaban J connectivity index is 1.52. The van der Waals surface area contributed by atoms with Crippen LogP contribution < -0.4 is 0 Å². The minimum atomic E-state index is -1.84. The summed E-state index contributed by atoms with van der Waals surface area (Å²) in [6.07, 6.45) is 3.21. The van der Waals surface area contributed by atoms with E-state index in [1.54, 1.807) is 20.8 Å². The van der Waals surface area contributed by atoms with Crippen LogP contribution in [0, 0.1) is 41.4 Å². The zero-order chi connectivity index (χ0) is 27.6. The van der Waals surface area contributed by atoms with E-state index >= 15 is 0 Å². The second kappa shape index (κ2) is 7.89. The summed E-state index contributed by atoms with van der Waals surface area (Å²) < 4.78 is 24.0. The Kier molecular flexibility index (Phi) is 5.39. The number of aliphatic hydroxyl groups is 1. The smallest absolute Gasteiger partial charge is 0.344 e. The largest absolute Gasteiger partial charge is 0.451 e. The minimum Gasteiger partial charge on any atom is -0.451 e. The van der Waals surface area contributed by atoms with Crippen LogP contribution in [0.3, 0.4) is 0 Å².